The Morgan fingerprint density at radius 2 is 1.90 bits per heavy atom. The molecule has 1 aromatic heterocycles. The molecule has 4 aliphatic rings. The van der Waals surface area contributed by atoms with Gasteiger partial charge in [0.15, 0.2) is 0 Å². The van der Waals surface area contributed by atoms with E-state index >= 15 is 0 Å². The number of nitrogens with zero attached hydrogens (tertiary/aromatic N) is 5. The lowest BCUT2D eigenvalue weighted by molar-refractivity contribution is -0.137. The van der Waals surface area contributed by atoms with E-state index < -0.39 is 34.1 Å². The van der Waals surface area contributed by atoms with Crippen LogP contribution in [0.2, 0.25) is 5.02 Å². The van der Waals surface area contributed by atoms with Crippen LogP contribution in [0.4, 0.5) is 24.7 Å². The number of aromatic hydroxyl groups is 1. The molecule has 6 rings (SSSR count). The first-order valence-electron chi connectivity index (χ1n) is 13.2. The molecule has 2 bridgehead atoms. The summed E-state index contributed by atoms with van der Waals surface area (Å²) in [5.74, 6) is -0.579. The van der Waals surface area contributed by atoms with Crippen LogP contribution in [0.25, 0.3) is 0 Å². The van der Waals surface area contributed by atoms with Gasteiger partial charge < -0.3 is 29.9 Å². The Kier molecular flexibility index (Phi) is 6.75. The Morgan fingerprint density at radius 1 is 1.15 bits per heavy atom. The molecule has 3 fully saturated rings. The second-order valence-electron chi connectivity index (χ2n) is 10.8. The topological polar surface area (TPSA) is 94.1 Å². The predicted octanol–water partition coefficient (Wildman–Crippen LogP) is 3.47. The van der Waals surface area contributed by atoms with Crippen molar-refractivity contribution in [1.82, 2.24) is 20.2 Å². The molecule has 13 heteroatoms. The van der Waals surface area contributed by atoms with E-state index in [1.54, 1.807) is 0 Å². The molecule has 0 saturated carbocycles. The maximum Gasteiger partial charge on any atom is 0.419 e. The minimum absolute atomic E-state index is 0.0134. The summed E-state index contributed by atoms with van der Waals surface area (Å²) in [6.45, 7) is 2.69. The van der Waals surface area contributed by atoms with Crippen molar-refractivity contribution in [3.05, 3.63) is 34.0 Å². The molecule has 2 aromatic rings. The van der Waals surface area contributed by atoms with E-state index in [2.05, 4.69) is 20.1 Å². The number of amides is 1. The van der Waals surface area contributed by atoms with Gasteiger partial charge in [0.2, 0.25) is 0 Å². The molecule has 210 valence electrons. The van der Waals surface area contributed by atoms with E-state index in [-0.39, 0.29) is 30.7 Å². The quantitative estimate of drug-likeness (QED) is 0.568. The molecule has 3 atom stereocenters. The average Bonchev–Trinajstić information content (AvgIpc) is 3.44. The van der Waals surface area contributed by atoms with Crippen molar-refractivity contribution in [2.24, 2.45) is 0 Å². The molecule has 0 aliphatic carbocycles. The summed E-state index contributed by atoms with van der Waals surface area (Å²) in [5, 5.41) is 13.0. The lowest BCUT2D eigenvalue weighted by Crippen LogP contribution is -2.52. The molecule has 0 radical (unpaired) electrons. The smallest absolute Gasteiger partial charge is 0.419 e. The number of likely N-dealkylation sites (tertiary alicyclic amines) is 1. The molecule has 1 aromatic carbocycles. The van der Waals surface area contributed by atoms with E-state index in [1.807, 2.05) is 7.05 Å². The minimum Gasteiger partial charge on any atom is -0.508 e. The van der Waals surface area contributed by atoms with E-state index in [0.717, 1.165) is 49.3 Å². The second-order valence-corrected chi connectivity index (χ2v) is 11.2. The SMILES string of the molecule is CN1CCC[C@H]1COc1nc2c(c(N3C[C@H]4CC[C@@H](C3)N4)n1)CCN(c1cc(O)cc(Cl)c1C(F)(F)F)C2=O. The zero-order chi connectivity index (χ0) is 27.5. The summed E-state index contributed by atoms with van der Waals surface area (Å²) in [5.41, 5.74) is -1.06. The van der Waals surface area contributed by atoms with Gasteiger partial charge in [-0.3, -0.25) is 4.79 Å². The van der Waals surface area contributed by atoms with E-state index in [0.29, 0.717) is 43.2 Å². The van der Waals surface area contributed by atoms with Crippen LogP contribution in [0.1, 0.15) is 47.3 Å². The fraction of sp³-hybridized carbons (Fsp3) is 0.577. The molecule has 9 nitrogen and oxygen atoms in total. The molecule has 1 amide bonds. The van der Waals surface area contributed by atoms with Gasteiger partial charge in [0.05, 0.1) is 16.3 Å². The van der Waals surface area contributed by atoms with Crippen molar-refractivity contribution in [2.45, 2.75) is 56.4 Å². The number of fused-ring (bicyclic) bond motifs is 3. The van der Waals surface area contributed by atoms with Crippen molar-refractivity contribution >= 4 is 29.0 Å². The first-order chi connectivity index (χ1) is 18.6. The number of hydrogen-bond acceptors (Lipinski definition) is 8. The summed E-state index contributed by atoms with van der Waals surface area (Å²) in [4.78, 5) is 28.3. The number of benzene rings is 1. The highest BCUT2D eigenvalue weighted by Crippen LogP contribution is 2.45. The number of alkyl halides is 3. The van der Waals surface area contributed by atoms with Crippen molar-refractivity contribution in [3.63, 3.8) is 0 Å². The van der Waals surface area contributed by atoms with Crippen LogP contribution in [0.3, 0.4) is 0 Å². The summed E-state index contributed by atoms with van der Waals surface area (Å²) < 4.78 is 48.0. The number of phenolic OH excluding ortho intramolecular Hbond substituents is 1. The third-order valence-corrected chi connectivity index (χ3v) is 8.52. The second kappa shape index (κ2) is 9.97. The number of phenols is 1. The summed E-state index contributed by atoms with van der Waals surface area (Å²) in [6, 6.07) is 2.59. The van der Waals surface area contributed by atoms with E-state index in [4.69, 9.17) is 21.3 Å². The minimum atomic E-state index is -4.83. The molecular weight excluding hydrogens is 537 g/mol. The molecule has 4 aliphatic heterocycles. The fourth-order valence-corrected chi connectivity index (χ4v) is 6.59. The zero-order valence-corrected chi connectivity index (χ0v) is 22.2. The van der Waals surface area contributed by atoms with Gasteiger partial charge in [-0.05, 0) is 51.8 Å². The number of piperazine rings is 1. The highest BCUT2D eigenvalue weighted by molar-refractivity contribution is 6.32. The zero-order valence-electron chi connectivity index (χ0n) is 21.5. The lowest BCUT2D eigenvalue weighted by Gasteiger charge is -2.37. The maximum atomic E-state index is 14.0. The first kappa shape index (κ1) is 26.4. The van der Waals surface area contributed by atoms with Crippen LogP contribution >= 0.6 is 11.6 Å². The Balaban J connectivity index is 1.39. The molecule has 5 heterocycles. The molecule has 39 heavy (non-hydrogen) atoms. The Bertz CT molecular complexity index is 1280. The highest BCUT2D eigenvalue weighted by Gasteiger charge is 2.42. The molecular formula is C26H30ClF3N6O3. The summed E-state index contributed by atoms with van der Waals surface area (Å²) >= 11 is 5.91. The Hall–Kier alpha value is -2.83. The third kappa shape index (κ3) is 4.98. The predicted molar refractivity (Wildman–Crippen MR) is 139 cm³/mol. The van der Waals surface area contributed by atoms with Crippen LogP contribution in [0.15, 0.2) is 12.1 Å². The number of aromatic nitrogens is 2. The Morgan fingerprint density at radius 3 is 2.56 bits per heavy atom. The van der Waals surface area contributed by atoms with Crippen LogP contribution in [0.5, 0.6) is 11.8 Å². The van der Waals surface area contributed by atoms with Gasteiger partial charge >= 0.3 is 12.2 Å². The van der Waals surface area contributed by atoms with Gasteiger partial charge in [-0.2, -0.15) is 23.1 Å². The van der Waals surface area contributed by atoms with Gasteiger partial charge in [-0.15, -0.1) is 0 Å². The number of carbonyl (C=O) groups excluding carboxylic acids is 1. The summed E-state index contributed by atoms with van der Waals surface area (Å²) in [7, 11) is 2.02. The molecule has 2 N–H and O–H groups in total. The third-order valence-electron chi connectivity index (χ3n) is 8.22. The van der Waals surface area contributed by atoms with Crippen LogP contribution in [0, 0.1) is 0 Å². The number of rotatable bonds is 5. The van der Waals surface area contributed by atoms with Crippen LogP contribution in [-0.2, 0) is 12.6 Å². The van der Waals surface area contributed by atoms with Crippen molar-refractivity contribution in [1.29, 1.82) is 0 Å². The normalized spacial score (nSPS) is 25.4. The van der Waals surface area contributed by atoms with Gasteiger partial charge in [-0.25, -0.2) is 0 Å². The monoisotopic (exact) mass is 566 g/mol. The molecule has 0 unspecified atom stereocenters. The van der Waals surface area contributed by atoms with Gasteiger partial charge in [0.25, 0.3) is 5.91 Å². The van der Waals surface area contributed by atoms with Gasteiger partial charge in [0, 0.05) is 49.4 Å². The molecule has 3 saturated heterocycles. The number of likely N-dealkylation sites (N-methyl/N-ethyl adjacent to an activating group) is 1. The maximum absolute atomic E-state index is 14.0. The van der Waals surface area contributed by atoms with Crippen molar-refractivity contribution < 1.29 is 27.8 Å². The van der Waals surface area contributed by atoms with E-state index in [1.165, 1.54) is 0 Å². The van der Waals surface area contributed by atoms with Gasteiger partial charge in [0.1, 0.15) is 23.9 Å². The number of ether oxygens (including phenoxy) is 1. The molecule has 0 spiro atoms. The Labute approximate surface area is 228 Å². The number of halogens is 4. The lowest BCUT2D eigenvalue weighted by atomic mass is 10.0. The van der Waals surface area contributed by atoms with Crippen LogP contribution < -0.4 is 19.9 Å². The largest absolute Gasteiger partial charge is 0.508 e. The van der Waals surface area contributed by atoms with Crippen LogP contribution in [-0.4, -0.2) is 83.8 Å². The fourth-order valence-electron chi connectivity index (χ4n) is 6.27. The number of anilines is 2. The highest BCUT2D eigenvalue weighted by atomic mass is 35.5. The number of carbonyl (C=O) groups is 1. The van der Waals surface area contributed by atoms with E-state index in [9.17, 15) is 23.1 Å². The summed E-state index contributed by atoms with van der Waals surface area (Å²) in [6.07, 6.45) is -0.453. The average molecular weight is 567 g/mol. The van der Waals surface area contributed by atoms with Gasteiger partial charge in [-0.1, -0.05) is 11.6 Å². The first-order valence-corrected chi connectivity index (χ1v) is 13.6. The number of nitrogens with one attached hydrogen (secondary N) is 1. The standard InChI is InChI=1S/C26H30ClF3N6O3/c1-34-7-2-3-16(34)13-39-25-32-22-18(23(33-25)35-11-14-4-5-15(12-35)31-14)6-8-36(24(22)38)20-10-17(37)9-19(27)21(20)26(28,29)30/h9-10,14-16,31,37H,2-8,11-13H2,1H3/t14-,15+,16-/m0/s1. The number of hydrogen-bond donors (Lipinski definition) is 2. The van der Waals surface area contributed by atoms with Crippen molar-refractivity contribution in [2.75, 3.05) is 49.6 Å². The van der Waals surface area contributed by atoms with Crippen molar-refractivity contribution in [3.8, 4) is 11.8 Å².